The van der Waals surface area contributed by atoms with E-state index in [4.69, 9.17) is 4.74 Å². The van der Waals surface area contributed by atoms with Crippen molar-refractivity contribution in [1.29, 1.82) is 0 Å². The summed E-state index contributed by atoms with van der Waals surface area (Å²) in [5.74, 6) is -0.284. The van der Waals surface area contributed by atoms with Gasteiger partial charge in [-0.25, -0.2) is 4.98 Å². The number of rotatable bonds is 11. The van der Waals surface area contributed by atoms with Crippen molar-refractivity contribution in [2.45, 2.75) is 38.5 Å². The molecule has 0 saturated heterocycles. The summed E-state index contributed by atoms with van der Waals surface area (Å²) in [4.78, 5) is 39.0. The molecule has 8 heteroatoms. The normalized spacial score (nSPS) is 10.4. The summed E-state index contributed by atoms with van der Waals surface area (Å²) in [5.41, 5.74) is 1.64. The number of carbonyl (C=O) groups is 3. The Kier molecular flexibility index (Phi) is 8.61. The summed E-state index contributed by atoms with van der Waals surface area (Å²) in [6, 6.07) is 7.60. The number of likely N-dealkylation sites (N-methyl/N-ethyl adjacent to an activating group) is 1. The minimum Gasteiger partial charge on any atom is -0.496 e. The highest BCUT2D eigenvalue weighted by molar-refractivity contribution is 7.14. The first-order valence-electron chi connectivity index (χ1n) is 9.18. The van der Waals surface area contributed by atoms with Gasteiger partial charge in [0.25, 0.3) is 5.91 Å². The van der Waals surface area contributed by atoms with Crippen LogP contribution >= 0.6 is 11.3 Å². The van der Waals surface area contributed by atoms with Crippen molar-refractivity contribution in [2.75, 3.05) is 19.5 Å². The monoisotopic (exact) mass is 403 g/mol. The van der Waals surface area contributed by atoms with Gasteiger partial charge in [0.15, 0.2) is 5.13 Å². The third-order valence-electron chi connectivity index (χ3n) is 4.17. The molecule has 2 amide bonds. The number of unbranched alkanes of at least 4 members (excludes halogenated alkanes) is 3. The van der Waals surface area contributed by atoms with Crippen LogP contribution in [0, 0.1) is 0 Å². The Bertz CT molecular complexity index is 819. The first kappa shape index (κ1) is 21.6. The van der Waals surface area contributed by atoms with Gasteiger partial charge in [-0.15, -0.1) is 11.3 Å². The summed E-state index contributed by atoms with van der Waals surface area (Å²) in [6.45, 7) is 0. The molecule has 1 aromatic carbocycles. The van der Waals surface area contributed by atoms with Crippen LogP contribution < -0.4 is 15.4 Å². The van der Waals surface area contributed by atoms with Crippen molar-refractivity contribution in [3.05, 3.63) is 29.6 Å². The standard InChI is InChI=1S/C20H25N3O4S/c1-21-19(26)16(24)10-5-3-4-6-12-18(25)23-20-22-15(13-28-20)14-9-7-8-11-17(14)27-2/h7-9,11,13H,3-6,10,12H2,1-2H3,(H,21,26)(H,22,23,25). The molecular formula is C20H25N3O4S. The third-order valence-corrected chi connectivity index (χ3v) is 4.93. The number of aromatic nitrogens is 1. The summed E-state index contributed by atoms with van der Waals surface area (Å²) >= 11 is 1.37. The summed E-state index contributed by atoms with van der Waals surface area (Å²) in [5, 5.41) is 7.59. The Hall–Kier alpha value is -2.74. The molecule has 2 aromatic rings. The number of Topliss-reactive ketones (excluding diaryl/α,β-unsaturated/α-hetero) is 1. The molecule has 2 rings (SSSR count). The zero-order valence-electron chi connectivity index (χ0n) is 16.1. The maximum atomic E-state index is 12.1. The van der Waals surface area contributed by atoms with Gasteiger partial charge in [-0.3, -0.25) is 14.4 Å². The molecule has 1 heterocycles. The van der Waals surface area contributed by atoms with E-state index in [1.165, 1.54) is 18.4 Å². The Morgan fingerprint density at radius 1 is 1.07 bits per heavy atom. The zero-order valence-corrected chi connectivity index (χ0v) is 16.9. The Balaban J connectivity index is 1.71. The van der Waals surface area contributed by atoms with E-state index in [0.29, 0.717) is 18.0 Å². The lowest BCUT2D eigenvalue weighted by Crippen LogP contribution is -2.27. The van der Waals surface area contributed by atoms with Gasteiger partial charge in [-0.1, -0.05) is 25.0 Å². The Morgan fingerprint density at radius 2 is 1.79 bits per heavy atom. The number of ketones is 1. The van der Waals surface area contributed by atoms with Crippen LogP contribution in [0.5, 0.6) is 5.75 Å². The largest absolute Gasteiger partial charge is 0.496 e. The molecule has 0 saturated carbocycles. The molecule has 0 aliphatic heterocycles. The quantitative estimate of drug-likeness (QED) is 0.443. The number of nitrogens with one attached hydrogen (secondary N) is 2. The number of ether oxygens (including phenoxy) is 1. The van der Waals surface area contributed by atoms with Gasteiger partial charge in [0.2, 0.25) is 11.7 Å². The molecule has 2 N–H and O–H groups in total. The fraction of sp³-hybridized carbons (Fsp3) is 0.400. The first-order chi connectivity index (χ1) is 13.5. The Labute approximate surface area is 168 Å². The average molecular weight is 404 g/mol. The summed E-state index contributed by atoms with van der Waals surface area (Å²) in [7, 11) is 3.06. The highest BCUT2D eigenvalue weighted by Gasteiger charge is 2.12. The van der Waals surface area contributed by atoms with Crippen LogP contribution in [0.15, 0.2) is 29.6 Å². The molecule has 28 heavy (non-hydrogen) atoms. The van der Waals surface area contributed by atoms with Gasteiger partial charge in [0, 0.05) is 30.8 Å². The lowest BCUT2D eigenvalue weighted by molar-refractivity contribution is -0.137. The smallest absolute Gasteiger partial charge is 0.287 e. The van der Waals surface area contributed by atoms with Crippen LogP contribution in [-0.2, 0) is 14.4 Å². The number of hydrogen-bond donors (Lipinski definition) is 2. The van der Waals surface area contributed by atoms with E-state index in [9.17, 15) is 14.4 Å². The number of anilines is 1. The summed E-state index contributed by atoms with van der Waals surface area (Å²) < 4.78 is 5.34. The number of methoxy groups -OCH3 is 1. The summed E-state index contributed by atoms with van der Waals surface area (Å²) in [6.07, 6.45) is 3.67. The molecule has 150 valence electrons. The number of carbonyl (C=O) groups excluding carboxylic acids is 3. The van der Waals surface area contributed by atoms with E-state index in [1.807, 2.05) is 29.6 Å². The number of hydrogen-bond acceptors (Lipinski definition) is 6. The molecule has 0 atom stereocenters. The molecule has 0 aliphatic carbocycles. The first-order valence-corrected chi connectivity index (χ1v) is 10.1. The minimum atomic E-state index is -0.546. The second-order valence-corrected chi connectivity index (χ2v) is 7.06. The number of thiazole rings is 1. The maximum Gasteiger partial charge on any atom is 0.287 e. The fourth-order valence-corrected chi connectivity index (χ4v) is 3.40. The van der Waals surface area contributed by atoms with Crippen LogP contribution in [-0.4, -0.2) is 36.7 Å². The van der Waals surface area contributed by atoms with E-state index in [0.717, 1.165) is 36.3 Å². The van der Waals surface area contributed by atoms with Crippen LogP contribution in [0.4, 0.5) is 5.13 Å². The maximum absolute atomic E-state index is 12.1. The fourth-order valence-electron chi connectivity index (χ4n) is 2.67. The van der Waals surface area contributed by atoms with Crippen molar-refractivity contribution >= 4 is 34.1 Å². The van der Waals surface area contributed by atoms with Gasteiger partial charge >= 0.3 is 0 Å². The predicted molar refractivity (Wildman–Crippen MR) is 110 cm³/mol. The number of amides is 2. The van der Waals surface area contributed by atoms with Crippen LogP contribution in [0.2, 0.25) is 0 Å². The van der Waals surface area contributed by atoms with Gasteiger partial charge in [0.05, 0.1) is 12.8 Å². The molecular weight excluding hydrogens is 378 g/mol. The van der Waals surface area contributed by atoms with Crippen LogP contribution in [0.25, 0.3) is 11.3 Å². The second-order valence-electron chi connectivity index (χ2n) is 6.20. The van der Waals surface area contributed by atoms with Crippen LogP contribution in [0.1, 0.15) is 38.5 Å². The van der Waals surface area contributed by atoms with E-state index in [1.54, 1.807) is 7.11 Å². The highest BCUT2D eigenvalue weighted by Crippen LogP contribution is 2.31. The number of nitrogens with zero attached hydrogens (tertiary/aromatic N) is 1. The molecule has 1 aromatic heterocycles. The molecule has 0 radical (unpaired) electrons. The van der Waals surface area contributed by atoms with Crippen molar-refractivity contribution in [1.82, 2.24) is 10.3 Å². The van der Waals surface area contributed by atoms with Crippen molar-refractivity contribution in [3.8, 4) is 17.0 Å². The van der Waals surface area contributed by atoms with Gasteiger partial charge in [0.1, 0.15) is 5.75 Å². The Morgan fingerprint density at radius 3 is 2.50 bits per heavy atom. The lowest BCUT2D eigenvalue weighted by atomic mass is 10.1. The van der Waals surface area contributed by atoms with Gasteiger partial charge in [-0.05, 0) is 25.0 Å². The second kappa shape index (κ2) is 11.2. The third kappa shape index (κ3) is 6.45. The van der Waals surface area contributed by atoms with E-state index in [-0.39, 0.29) is 12.3 Å². The van der Waals surface area contributed by atoms with E-state index < -0.39 is 11.7 Å². The van der Waals surface area contributed by atoms with E-state index in [2.05, 4.69) is 15.6 Å². The molecule has 0 fully saturated rings. The number of para-hydroxylation sites is 1. The SMILES string of the molecule is CNC(=O)C(=O)CCCCCCC(=O)Nc1nc(-c2ccccc2OC)cs1. The highest BCUT2D eigenvalue weighted by atomic mass is 32.1. The molecule has 0 bridgehead atoms. The predicted octanol–water partition coefficient (Wildman–Crippen LogP) is 3.41. The molecule has 7 nitrogen and oxygen atoms in total. The van der Waals surface area contributed by atoms with Gasteiger partial charge < -0.3 is 15.4 Å². The molecule has 0 aliphatic rings. The van der Waals surface area contributed by atoms with Crippen molar-refractivity contribution in [3.63, 3.8) is 0 Å². The average Bonchev–Trinajstić information content (AvgIpc) is 3.17. The number of benzene rings is 1. The van der Waals surface area contributed by atoms with Crippen LogP contribution in [0.3, 0.4) is 0 Å². The lowest BCUT2D eigenvalue weighted by Gasteiger charge is -2.05. The van der Waals surface area contributed by atoms with E-state index >= 15 is 0 Å². The van der Waals surface area contributed by atoms with Crippen molar-refractivity contribution < 1.29 is 19.1 Å². The van der Waals surface area contributed by atoms with Crippen molar-refractivity contribution in [2.24, 2.45) is 0 Å². The minimum absolute atomic E-state index is 0.0811. The molecule has 0 unspecified atom stereocenters. The topological polar surface area (TPSA) is 97.4 Å². The zero-order chi connectivity index (χ0) is 20.4. The molecule has 0 spiro atoms. The van der Waals surface area contributed by atoms with Gasteiger partial charge in [-0.2, -0.15) is 0 Å².